The lowest BCUT2D eigenvalue weighted by atomic mass is 10.1. The number of carbonyl (C=O) groups is 1. The van der Waals surface area contributed by atoms with Gasteiger partial charge in [-0.2, -0.15) is 4.98 Å². The summed E-state index contributed by atoms with van der Waals surface area (Å²) in [6, 6.07) is 5.12. The van der Waals surface area contributed by atoms with Crippen LogP contribution in [-0.2, 0) is 11.2 Å². The van der Waals surface area contributed by atoms with E-state index in [1.165, 1.54) is 0 Å². The second-order valence-corrected chi connectivity index (χ2v) is 5.89. The van der Waals surface area contributed by atoms with Gasteiger partial charge in [-0.1, -0.05) is 6.07 Å². The van der Waals surface area contributed by atoms with Crippen molar-refractivity contribution in [2.75, 3.05) is 17.2 Å². The molecule has 138 valence electrons. The Morgan fingerprint density at radius 3 is 3.04 bits per heavy atom. The summed E-state index contributed by atoms with van der Waals surface area (Å²) in [6.45, 7) is 0.146. The number of carbonyl (C=O) groups excluding carboxylic acids is 1. The average molecular weight is 370 g/mol. The van der Waals surface area contributed by atoms with Gasteiger partial charge < -0.3 is 20.1 Å². The summed E-state index contributed by atoms with van der Waals surface area (Å²) in [5.41, 5.74) is 0.0513. The number of aromatic nitrogens is 4. The van der Waals surface area contributed by atoms with Crippen LogP contribution in [0.15, 0.2) is 34.0 Å². The number of aromatic amines is 2. The normalized spacial score (nSPS) is 15.5. The number of benzene rings is 1. The smallest absolute Gasteiger partial charge is 0.278 e. The van der Waals surface area contributed by atoms with Gasteiger partial charge in [0.25, 0.3) is 11.1 Å². The van der Waals surface area contributed by atoms with Crippen molar-refractivity contribution in [3.05, 3.63) is 50.7 Å². The van der Waals surface area contributed by atoms with Crippen molar-refractivity contribution >= 4 is 28.7 Å². The van der Waals surface area contributed by atoms with E-state index >= 15 is 0 Å². The third kappa shape index (κ3) is 3.48. The Kier molecular flexibility index (Phi) is 4.05. The predicted octanol–water partition coefficient (Wildman–Crippen LogP) is -0.690. The Morgan fingerprint density at radius 1 is 1.33 bits per heavy atom. The van der Waals surface area contributed by atoms with Crippen LogP contribution in [0.25, 0.3) is 11.2 Å². The van der Waals surface area contributed by atoms with Crippen molar-refractivity contribution in [2.24, 2.45) is 0 Å². The third-order valence-corrected chi connectivity index (χ3v) is 3.84. The summed E-state index contributed by atoms with van der Waals surface area (Å²) in [6.07, 6.45) is 0.190. The van der Waals surface area contributed by atoms with Crippen molar-refractivity contribution in [3.8, 4) is 5.75 Å². The number of rotatable bonds is 3. The molecule has 0 aliphatic carbocycles. The maximum absolute atomic E-state index is 12.3. The molecule has 11 nitrogen and oxygen atoms in total. The van der Waals surface area contributed by atoms with Crippen LogP contribution in [0.2, 0.25) is 0 Å². The standard InChI is InChI=1S/C16H14N6O5/c23-10(4-7-1-2-9-8(3-7)18-12(25)6-27-9)20-16-21-14-13(15(26)22-16)19-11(24)5-17-14/h1-3,5,12,18,25H,4,6H2,(H,19,24)(H2,17,20,21,22,23,26). The van der Waals surface area contributed by atoms with Gasteiger partial charge in [-0.25, -0.2) is 4.98 Å². The summed E-state index contributed by atoms with van der Waals surface area (Å²) in [5, 5.41) is 14.9. The maximum Gasteiger partial charge on any atom is 0.278 e. The molecule has 0 saturated carbocycles. The van der Waals surface area contributed by atoms with Gasteiger partial charge in [-0.3, -0.25) is 24.7 Å². The number of anilines is 2. The van der Waals surface area contributed by atoms with Gasteiger partial charge >= 0.3 is 0 Å². The van der Waals surface area contributed by atoms with Gasteiger partial charge in [0.05, 0.1) is 18.3 Å². The van der Waals surface area contributed by atoms with Crippen LogP contribution in [0.4, 0.5) is 11.6 Å². The van der Waals surface area contributed by atoms with Crippen LogP contribution < -0.4 is 26.5 Å². The number of H-pyrrole nitrogens is 2. The SMILES string of the molecule is O=C(Cc1ccc2c(c1)NC(O)CO2)Nc1nc2ncc(=O)[nH]c2c(=O)[nH]1. The molecule has 2 aromatic heterocycles. The number of hydrogen-bond acceptors (Lipinski definition) is 8. The molecule has 1 aliphatic heterocycles. The Morgan fingerprint density at radius 2 is 2.19 bits per heavy atom. The van der Waals surface area contributed by atoms with Gasteiger partial charge in [0.15, 0.2) is 17.4 Å². The van der Waals surface area contributed by atoms with E-state index in [-0.39, 0.29) is 30.1 Å². The maximum atomic E-state index is 12.3. The van der Waals surface area contributed by atoms with Gasteiger partial charge in [-0.05, 0) is 17.7 Å². The molecule has 1 unspecified atom stereocenters. The van der Waals surface area contributed by atoms with Crippen molar-refractivity contribution < 1.29 is 14.6 Å². The Labute approximate surface area is 150 Å². The highest BCUT2D eigenvalue weighted by atomic mass is 16.5. The van der Waals surface area contributed by atoms with Crippen molar-refractivity contribution in [1.29, 1.82) is 0 Å². The minimum absolute atomic E-state index is 0.00581. The highest BCUT2D eigenvalue weighted by Crippen LogP contribution is 2.29. The van der Waals surface area contributed by atoms with Crippen molar-refractivity contribution in [3.63, 3.8) is 0 Å². The molecule has 0 fully saturated rings. The number of nitrogens with zero attached hydrogens (tertiary/aromatic N) is 2. The van der Waals surface area contributed by atoms with E-state index < -0.39 is 23.3 Å². The molecular formula is C16H14N6O5. The van der Waals surface area contributed by atoms with Gasteiger partial charge in [0, 0.05) is 0 Å². The van der Waals surface area contributed by atoms with E-state index in [1.54, 1.807) is 18.2 Å². The topological polar surface area (TPSA) is 162 Å². The zero-order valence-electron chi connectivity index (χ0n) is 13.8. The molecule has 4 rings (SSSR count). The van der Waals surface area contributed by atoms with Gasteiger partial charge in [0.1, 0.15) is 12.4 Å². The second kappa shape index (κ2) is 6.53. The quantitative estimate of drug-likeness (QED) is 0.405. The molecule has 3 aromatic rings. The second-order valence-electron chi connectivity index (χ2n) is 5.89. The van der Waals surface area contributed by atoms with E-state index in [0.29, 0.717) is 17.0 Å². The number of aliphatic hydroxyl groups excluding tert-OH is 1. The Bertz CT molecular complexity index is 1150. The first-order chi connectivity index (χ1) is 13.0. The predicted molar refractivity (Wildman–Crippen MR) is 94.7 cm³/mol. The highest BCUT2D eigenvalue weighted by Gasteiger charge is 2.17. The van der Waals surface area contributed by atoms with E-state index in [1.807, 2.05) is 0 Å². The fraction of sp³-hybridized carbons (Fsp3) is 0.188. The van der Waals surface area contributed by atoms with E-state index in [9.17, 15) is 19.5 Å². The summed E-state index contributed by atoms with van der Waals surface area (Å²) in [5.74, 6) is 0.0936. The monoisotopic (exact) mass is 370 g/mol. The minimum Gasteiger partial charge on any atom is -0.487 e. The summed E-state index contributed by atoms with van der Waals surface area (Å²) >= 11 is 0. The number of amides is 1. The molecule has 11 heteroatoms. The van der Waals surface area contributed by atoms with Crippen molar-refractivity contribution in [1.82, 2.24) is 19.9 Å². The van der Waals surface area contributed by atoms with Crippen molar-refractivity contribution in [2.45, 2.75) is 12.6 Å². The zero-order valence-corrected chi connectivity index (χ0v) is 13.8. The molecule has 0 radical (unpaired) electrons. The van der Waals surface area contributed by atoms with E-state index in [4.69, 9.17) is 4.74 Å². The highest BCUT2D eigenvalue weighted by molar-refractivity contribution is 5.91. The molecule has 1 amide bonds. The molecule has 1 atom stereocenters. The van der Waals surface area contributed by atoms with Crippen LogP contribution in [0.3, 0.4) is 0 Å². The summed E-state index contributed by atoms with van der Waals surface area (Å²) in [4.78, 5) is 48.0. The lowest BCUT2D eigenvalue weighted by Crippen LogP contribution is -2.30. The Balaban J connectivity index is 1.52. The molecule has 5 N–H and O–H groups in total. The molecule has 27 heavy (non-hydrogen) atoms. The van der Waals surface area contributed by atoms with E-state index in [0.717, 1.165) is 6.20 Å². The molecule has 0 saturated heterocycles. The molecule has 1 aliphatic rings. The molecule has 1 aromatic carbocycles. The van der Waals surface area contributed by atoms with Crippen LogP contribution in [0.1, 0.15) is 5.56 Å². The van der Waals surface area contributed by atoms with Gasteiger partial charge in [0.2, 0.25) is 11.9 Å². The first-order valence-electron chi connectivity index (χ1n) is 7.97. The third-order valence-electron chi connectivity index (χ3n) is 3.84. The first kappa shape index (κ1) is 16.7. The van der Waals surface area contributed by atoms with E-state index in [2.05, 4.69) is 30.6 Å². The lowest BCUT2D eigenvalue weighted by Gasteiger charge is -2.24. The van der Waals surface area contributed by atoms with Crippen LogP contribution >= 0.6 is 0 Å². The summed E-state index contributed by atoms with van der Waals surface area (Å²) in [7, 11) is 0. The summed E-state index contributed by atoms with van der Waals surface area (Å²) < 4.78 is 5.36. The average Bonchev–Trinajstić information content (AvgIpc) is 2.62. The lowest BCUT2D eigenvalue weighted by molar-refractivity contribution is -0.115. The largest absolute Gasteiger partial charge is 0.487 e. The molecule has 0 bridgehead atoms. The fourth-order valence-electron chi connectivity index (χ4n) is 2.68. The minimum atomic E-state index is -0.813. The van der Waals surface area contributed by atoms with Crippen LogP contribution in [0, 0.1) is 0 Å². The zero-order chi connectivity index (χ0) is 19.0. The number of aliphatic hydroxyl groups is 1. The fourth-order valence-corrected chi connectivity index (χ4v) is 2.68. The number of fused-ring (bicyclic) bond motifs is 2. The number of hydrogen-bond donors (Lipinski definition) is 5. The van der Waals surface area contributed by atoms with Gasteiger partial charge in [-0.15, -0.1) is 0 Å². The number of nitrogens with one attached hydrogen (secondary N) is 4. The van der Waals surface area contributed by atoms with Crippen LogP contribution in [-0.4, -0.2) is 43.8 Å². The molecule has 3 heterocycles. The Hall–Kier alpha value is -3.73. The number of ether oxygens (including phenoxy) is 1. The van der Waals surface area contributed by atoms with Crippen LogP contribution in [0.5, 0.6) is 5.75 Å². The molecular weight excluding hydrogens is 356 g/mol. The first-order valence-corrected chi connectivity index (χ1v) is 7.97. The molecule has 0 spiro atoms.